The van der Waals surface area contributed by atoms with Crippen molar-refractivity contribution in [2.45, 2.75) is 19.1 Å². The second-order valence-electron chi connectivity index (χ2n) is 6.14. The molecule has 5 heteroatoms. The first-order chi connectivity index (χ1) is 11.6. The molecule has 0 aromatic heterocycles. The number of hydrogen-bond acceptors (Lipinski definition) is 4. The van der Waals surface area contributed by atoms with Crippen LogP contribution in [-0.4, -0.2) is 30.6 Å². The molecule has 1 unspecified atom stereocenters. The van der Waals surface area contributed by atoms with Gasteiger partial charge in [0, 0.05) is 18.7 Å². The van der Waals surface area contributed by atoms with Gasteiger partial charge in [0.15, 0.2) is 6.10 Å². The molecule has 124 valence electrons. The van der Waals surface area contributed by atoms with E-state index < -0.39 is 0 Å². The number of amides is 1. The van der Waals surface area contributed by atoms with E-state index in [0.717, 1.165) is 23.4 Å². The summed E-state index contributed by atoms with van der Waals surface area (Å²) in [6, 6.07) is 17.6. The quantitative estimate of drug-likeness (QED) is 0.919. The van der Waals surface area contributed by atoms with E-state index in [1.54, 1.807) is 0 Å². The Hall–Kier alpha value is -2.66. The lowest BCUT2D eigenvalue weighted by atomic mass is 10.0. The number of anilines is 1. The van der Waals surface area contributed by atoms with Crippen molar-refractivity contribution >= 4 is 17.3 Å². The molecule has 1 aliphatic rings. The number of benzene rings is 2. The normalized spacial score (nSPS) is 16.6. The highest BCUT2D eigenvalue weighted by Gasteiger charge is 2.27. The molecular weight excluding hydrogens is 302 g/mol. The van der Waals surface area contributed by atoms with Crippen LogP contribution in [0.3, 0.4) is 0 Å². The lowest BCUT2D eigenvalue weighted by Crippen LogP contribution is -2.22. The highest BCUT2D eigenvalue weighted by Crippen LogP contribution is 2.27. The van der Waals surface area contributed by atoms with Crippen molar-refractivity contribution in [3.63, 3.8) is 0 Å². The van der Waals surface area contributed by atoms with Crippen LogP contribution in [0.5, 0.6) is 0 Å². The Balaban J connectivity index is 1.62. The highest BCUT2D eigenvalue weighted by atomic mass is 16.6. The molecule has 0 aliphatic carbocycles. The summed E-state index contributed by atoms with van der Waals surface area (Å²) in [5, 5.41) is 6.86. The van der Waals surface area contributed by atoms with Gasteiger partial charge >= 0.3 is 0 Å². The summed E-state index contributed by atoms with van der Waals surface area (Å²) in [5.74, 6) is -0.213. The van der Waals surface area contributed by atoms with Gasteiger partial charge in [-0.3, -0.25) is 4.79 Å². The minimum absolute atomic E-state index is 0.188. The fourth-order valence-electron chi connectivity index (χ4n) is 2.67. The second kappa shape index (κ2) is 7.27. The first-order valence-electron chi connectivity index (χ1n) is 7.94. The predicted molar refractivity (Wildman–Crippen MR) is 94.8 cm³/mol. The Bertz CT molecular complexity index is 741. The van der Waals surface area contributed by atoms with E-state index in [2.05, 4.69) is 15.4 Å². The molecule has 1 amide bonds. The van der Waals surface area contributed by atoms with Crippen molar-refractivity contribution in [2.24, 2.45) is 5.16 Å². The van der Waals surface area contributed by atoms with Gasteiger partial charge in [-0.05, 0) is 37.4 Å². The van der Waals surface area contributed by atoms with Crippen molar-refractivity contribution in [2.75, 3.05) is 19.4 Å². The van der Waals surface area contributed by atoms with Gasteiger partial charge in [0.05, 0.1) is 0 Å². The first-order valence-corrected chi connectivity index (χ1v) is 7.94. The summed E-state index contributed by atoms with van der Waals surface area (Å²) in [6.45, 7) is 0.823. The molecule has 1 heterocycles. The fraction of sp³-hybridized carbons (Fsp3) is 0.263. The lowest BCUT2D eigenvalue weighted by Gasteiger charge is -2.11. The molecule has 24 heavy (non-hydrogen) atoms. The number of carbonyl (C=O) groups is 1. The third-order valence-corrected chi connectivity index (χ3v) is 3.79. The van der Waals surface area contributed by atoms with Crippen LogP contribution in [0.25, 0.3) is 0 Å². The van der Waals surface area contributed by atoms with E-state index in [9.17, 15) is 4.79 Å². The van der Waals surface area contributed by atoms with Gasteiger partial charge in [-0.25, -0.2) is 0 Å². The van der Waals surface area contributed by atoms with Crippen molar-refractivity contribution in [1.82, 2.24) is 4.90 Å². The fourth-order valence-corrected chi connectivity index (χ4v) is 2.67. The molecule has 5 nitrogen and oxygen atoms in total. The van der Waals surface area contributed by atoms with Crippen molar-refractivity contribution in [3.05, 3.63) is 65.7 Å². The first kappa shape index (κ1) is 16.2. The standard InChI is InChI=1S/C19H21N3O2/c1-22(2)13-14-7-6-10-16(11-14)20-19(23)17-12-18(24-21-17)15-8-4-3-5-9-15/h3-11,18H,12-13H2,1-2H3,(H,20,23). The van der Waals surface area contributed by atoms with Crippen LogP contribution < -0.4 is 5.32 Å². The summed E-state index contributed by atoms with van der Waals surface area (Å²) in [7, 11) is 4.03. The Labute approximate surface area is 141 Å². The van der Waals surface area contributed by atoms with Gasteiger partial charge in [-0.2, -0.15) is 0 Å². The van der Waals surface area contributed by atoms with Crippen molar-refractivity contribution in [3.8, 4) is 0 Å². The van der Waals surface area contributed by atoms with Crippen molar-refractivity contribution in [1.29, 1.82) is 0 Å². The molecular formula is C19H21N3O2. The van der Waals surface area contributed by atoms with E-state index in [0.29, 0.717) is 12.1 Å². The molecule has 2 aromatic carbocycles. The Morgan fingerprint density at radius 1 is 1.21 bits per heavy atom. The zero-order valence-corrected chi connectivity index (χ0v) is 13.9. The van der Waals surface area contributed by atoms with Gasteiger partial charge in [-0.1, -0.05) is 47.6 Å². The molecule has 0 saturated heterocycles. The number of oxime groups is 1. The average molecular weight is 323 g/mol. The Morgan fingerprint density at radius 2 is 2.00 bits per heavy atom. The second-order valence-corrected chi connectivity index (χ2v) is 6.14. The number of carbonyl (C=O) groups excluding carboxylic acids is 1. The summed E-state index contributed by atoms with van der Waals surface area (Å²) in [5.41, 5.74) is 3.36. The van der Waals surface area contributed by atoms with Gasteiger partial charge in [-0.15, -0.1) is 0 Å². The van der Waals surface area contributed by atoms with E-state index in [4.69, 9.17) is 4.84 Å². The van der Waals surface area contributed by atoms with E-state index in [-0.39, 0.29) is 12.0 Å². The summed E-state index contributed by atoms with van der Waals surface area (Å²) in [6.07, 6.45) is 0.291. The average Bonchev–Trinajstić information content (AvgIpc) is 3.05. The number of hydrogen-bond donors (Lipinski definition) is 1. The molecule has 0 saturated carbocycles. The summed E-state index contributed by atoms with van der Waals surface area (Å²) >= 11 is 0. The smallest absolute Gasteiger partial charge is 0.273 e. The zero-order chi connectivity index (χ0) is 16.9. The van der Waals surface area contributed by atoms with Crippen molar-refractivity contribution < 1.29 is 9.63 Å². The molecule has 1 aliphatic heterocycles. The molecule has 2 aromatic rings. The van der Waals surface area contributed by atoms with Crippen LogP contribution in [0.1, 0.15) is 23.7 Å². The molecule has 0 fully saturated rings. The largest absolute Gasteiger partial charge is 0.387 e. The summed E-state index contributed by atoms with van der Waals surface area (Å²) in [4.78, 5) is 19.9. The third kappa shape index (κ3) is 4.00. The van der Waals surface area contributed by atoms with Crippen LogP contribution in [0.2, 0.25) is 0 Å². The molecule has 3 rings (SSSR count). The monoisotopic (exact) mass is 323 g/mol. The Morgan fingerprint density at radius 3 is 2.75 bits per heavy atom. The van der Waals surface area contributed by atoms with Gasteiger partial charge in [0.1, 0.15) is 5.71 Å². The zero-order valence-electron chi connectivity index (χ0n) is 13.9. The maximum absolute atomic E-state index is 12.4. The lowest BCUT2D eigenvalue weighted by molar-refractivity contribution is -0.110. The van der Waals surface area contributed by atoms with E-state index in [1.807, 2.05) is 68.7 Å². The number of nitrogens with one attached hydrogen (secondary N) is 1. The van der Waals surface area contributed by atoms with Crippen LogP contribution >= 0.6 is 0 Å². The van der Waals surface area contributed by atoms with Gasteiger partial charge < -0.3 is 15.1 Å². The highest BCUT2D eigenvalue weighted by molar-refractivity contribution is 6.43. The maximum atomic E-state index is 12.4. The number of rotatable bonds is 5. The van der Waals surface area contributed by atoms with Crippen LogP contribution in [-0.2, 0) is 16.2 Å². The predicted octanol–water partition coefficient (Wildman–Crippen LogP) is 3.20. The van der Waals surface area contributed by atoms with Gasteiger partial charge in [0.2, 0.25) is 0 Å². The molecule has 1 atom stereocenters. The minimum atomic E-state index is -0.213. The van der Waals surface area contributed by atoms with Crippen LogP contribution in [0, 0.1) is 0 Å². The topological polar surface area (TPSA) is 53.9 Å². The third-order valence-electron chi connectivity index (χ3n) is 3.79. The minimum Gasteiger partial charge on any atom is -0.387 e. The van der Waals surface area contributed by atoms with E-state index in [1.165, 1.54) is 0 Å². The molecule has 0 bridgehead atoms. The van der Waals surface area contributed by atoms with Gasteiger partial charge in [0.25, 0.3) is 5.91 Å². The Kier molecular flexibility index (Phi) is 4.91. The molecule has 1 N–H and O–H groups in total. The SMILES string of the molecule is CN(C)Cc1cccc(NC(=O)C2=NOC(c3ccccc3)C2)c1. The van der Waals surface area contributed by atoms with Crippen LogP contribution in [0.15, 0.2) is 59.8 Å². The van der Waals surface area contributed by atoms with Crippen LogP contribution in [0.4, 0.5) is 5.69 Å². The molecule has 0 spiro atoms. The summed E-state index contributed by atoms with van der Waals surface area (Å²) < 4.78 is 0. The van der Waals surface area contributed by atoms with E-state index >= 15 is 0 Å². The molecule has 0 radical (unpaired) electrons. The maximum Gasteiger partial charge on any atom is 0.273 e. The number of nitrogens with zero attached hydrogens (tertiary/aromatic N) is 2.